The van der Waals surface area contributed by atoms with Gasteiger partial charge < -0.3 is 10.2 Å². The Morgan fingerprint density at radius 1 is 0.968 bits per heavy atom. The molecular formula is C23H29N3O4S. The Hall–Kier alpha value is -2.87. The summed E-state index contributed by atoms with van der Waals surface area (Å²) in [7, 11) is -2.28. The highest BCUT2D eigenvalue weighted by atomic mass is 32.2. The number of nitrogens with one attached hydrogen (secondary N) is 2. The van der Waals surface area contributed by atoms with Crippen molar-refractivity contribution in [1.82, 2.24) is 14.9 Å². The number of urea groups is 1. The Morgan fingerprint density at radius 3 is 2.19 bits per heavy atom. The van der Waals surface area contributed by atoms with Crippen LogP contribution in [0, 0.1) is 5.92 Å². The second kappa shape index (κ2) is 9.96. The first-order chi connectivity index (χ1) is 14.7. The first kappa shape index (κ1) is 22.8. The maximum absolute atomic E-state index is 12.5. The van der Waals surface area contributed by atoms with Crippen molar-refractivity contribution in [2.24, 2.45) is 5.92 Å². The lowest BCUT2D eigenvalue weighted by atomic mass is 9.87. The molecule has 0 spiro atoms. The van der Waals surface area contributed by atoms with E-state index < -0.39 is 16.1 Å². The number of amides is 3. The number of benzene rings is 2. The number of carbonyl (C=O) groups excluding carboxylic acids is 2. The zero-order valence-corrected chi connectivity index (χ0v) is 18.7. The highest BCUT2D eigenvalue weighted by Crippen LogP contribution is 2.23. The smallest absolute Gasteiger partial charge is 0.328 e. The summed E-state index contributed by atoms with van der Waals surface area (Å²) in [4.78, 5) is 26.2. The summed E-state index contributed by atoms with van der Waals surface area (Å²) in [6.45, 7) is 2.52. The zero-order chi connectivity index (χ0) is 22.4. The molecule has 2 aromatic rings. The molecular weight excluding hydrogens is 414 g/mol. The SMILES string of the molecule is CC1CCC(NC(=O)NS(=O)(=O)c2ccc(CN(C)C(=O)c3ccccc3)cc2)CC1. The van der Waals surface area contributed by atoms with Crippen LogP contribution in [0.25, 0.3) is 0 Å². The van der Waals surface area contributed by atoms with Gasteiger partial charge in [-0.05, 0) is 61.4 Å². The molecule has 2 aromatic carbocycles. The average molecular weight is 444 g/mol. The average Bonchev–Trinajstić information content (AvgIpc) is 2.75. The molecule has 166 valence electrons. The predicted molar refractivity (Wildman–Crippen MR) is 119 cm³/mol. The van der Waals surface area contributed by atoms with Gasteiger partial charge in [-0.25, -0.2) is 17.9 Å². The van der Waals surface area contributed by atoms with E-state index in [9.17, 15) is 18.0 Å². The van der Waals surface area contributed by atoms with E-state index in [2.05, 4.69) is 17.0 Å². The van der Waals surface area contributed by atoms with Crippen LogP contribution in [0.4, 0.5) is 4.79 Å². The highest BCUT2D eigenvalue weighted by Gasteiger charge is 2.23. The molecule has 0 atom stereocenters. The lowest BCUT2D eigenvalue weighted by Gasteiger charge is -2.26. The predicted octanol–water partition coefficient (Wildman–Crippen LogP) is 3.53. The molecule has 1 aliphatic carbocycles. The van der Waals surface area contributed by atoms with Crippen molar-refractivity contribution in [3.05, 3.63) is 65.7 Å². The molecule has 0 bridgehead atoms. The molecule has 3 rings (SSSR count). The first-order valence-electron chi connectivity index (χ1n) is 10.5. The molecule has 0 radical (unpaired) electrons. The van der Waals surface area contributed by atoms with Crippen molar-refractivity contribution in [2.75, 3.05) is 7.05 Å². The third kappa shape index (κ3) is 6.30. The topological polar surface area (TPSA) is 95.6 Å². The third-order valence-electron chi connectivity index (χ3n) is 5.60. The van der Waals surface area contributed by atoms with E-state index in [-0.39, 0.29) is 16.8 Å². The van der Waals surface area contributed by atoms with Crippen molar-refractivity contribution in [1.29, 1.82) is 0 Å². The van der Waals surface area contributed by atoms with Crippen LogP contribution in [0.5, 0.6) is 0 Å². The van der Waals surface area contributed by atoms with Crippen LogP contribution in [0.3, 0.4) is 0 Å². The minimum atomic E-state index is -3.97. The standard InChI is InChI=1S/C23H29N3O4S/c1-17-8-12-20(13-9-17)24-23(28)25-31(29,30)21-14-10-18(11-15-21)16-26(2)22(27)19-6-4-3-5-7-19/h3-7,10-11,14-15,17,20H,8-9,12-13,16H2,1-2H3,(H2,24,25,28). The maximum atomic E-state index is 12.5. The van der Waals surface area contributed by atoms with Crippen molar-refractivity contribution in [2.45, 2.75) is 50.1 Å². The number of hydrogen-bond donors (Lipinski definition) is 2. The third-order valence-corrected chi connectivity index (χ3v) is 6.95. The van der Waals surface area contributed by atoms with E-state index in [0.29, 0.717) is 18.0 Å². The summed E-state index contributed by atoms with van der Waals surface area (Å²) in [5, 5.41) is 2.76. The summed E-state index contributed by atoms with van der Waals surface area (Å²) in [5.74, 6) is 0.526. The minimum absolute atomic E-state index is 0.000653. The van der Waals surface area contributed by atoms with Gasteiger partial charge in [-0.15, -0.1) is 0 Å². The van der Waals surface area contributed by atoms with E-state index in [1.807, 2.05) is 6.07 Å². The van der Waals surface area contributed by atoms with E-state index in [1.54, 1.807) is 48.3 Å². The van der Waals surface area contributed by atoms with Gasteiger partial charge in [0.2, 0.25) is 0 Å². The fourth-order valence-corrected chi connectivity index (χ4v) is 4.64. The monoisotopic (exact) mass is 443 g/mol. The molecule has 2 N–H and O–H groups in total. The van der Waals surface area contributed by atoms with Crippen molar-refractivity contribution in [3.63, 3.8) is 0 Å². The molecule has 0 aromatic heterocycles. The second-order valence-electron chi connectivity index (χ2n) is 8.21. The van der Waals surface area contributed by atoms with Gasteiger partial charge in [-0.2, -0.15) is 0 Å². The van der Waals surface area contributed by atoms with Gasteiger partial charge in [-0.3, -0.25) is 4.79 Å². The van der Waals surface area contributed by atoms with Crippen molar-refractivity contribution >= 4 is 22.0 Å². The van der Waals surface area contributed by atoms with Gasteiger partial charge in [0.15, 0.2) is 0 Å². The van der Waals surface area contributed by atoms with Gasteiger partial charge in [-0.1, -0.05) is 37.3 Å². The summed E-state index contributed by atoms with van der Waals surface area (Å²) in [5.41, 5.74) is 1.37. The molecule has 0 heterocycles. The van der Waals surface area contributed by atoms with Crippen LogP contribution in [0.15, 0.2) is 59.5 Å². The molecule has 0 aliphatic heterocycles. The number of rotatable bonds is 6. The van der Waals surface area contributed by atoms with Gasteiger partial charge in [0.1, 0.15) is 0 Å². The Labute approximate surface area is 183 Å². The molecule has 3 amide bonds. The maximum Gasteiger partial charge on any atom is 0.328 e. The van der Waals surface area contributed by atoms with E-state index in [4.69, 9.17) is 0 Å². The summed E-state index contributed by atoms with van der Waals surface area (Å²) in [6, 6.07) is 14.4. The van der Waals surface area contributed by atoms with Gasteiger partial charge in [0, 0.05) is 25.2 Å². The summed E-state index contributed by atoms with van der Waals surface area (Å²) >= 11 is 0. The Morgan fingerprint density at radius 2 is 1.58 bits per heavy atom. The van der Waals surface area contributed by atoms with Crippen molar-refractivity contribution in [3.8, 4) is 0 Å². The molecule has 1 saturated carbocycles. The highest BCUT2D eigenvalue weighted by molar-refractivity contribution is 7.90. The number of sulfonamides is 1. The lowest BCUT2D eigenvalue weighted by Crippen LogP contribution is -2.45. The van der Waals surface area contributed by atoms with Crippen LogP contribution in [-0.2, 0) is 16.6 Å². The van der Waals surface area contributed by atoms with Crippen LogP contribution >= 0.6 is 0 Å². The van der Waals surface area contributed by atoms with Crippen LogP contribution in [-0.4, -0.2) is 38.3 Å². The minimum Gasteiger partial charge on any atom is -0.337 e. The van der Waals surface area contributed by atoms with E-state index in [0.717, 1.165) is 31.2 Å². The molecule has 7 nitrogen and oxygen atoms in total. The fraction of sp³-hybridized carbons (Fsp3) is 0.391. The van der Waals surface area contributed by atoms with Gasteiger partial charge in [0.05, 0.1) is 4.90 Å². The molecule has 0 unspecified atom stereocenters. The van der Waals surface area contributed by atoms with Crippen LogP contribution in [0.1, 0.15) is 48.5 Å². The lowest BCUT2D eigenvalue weighted by molar-refractivity contribution is 0.0785. The molecule has 0 saturated heterocycles. The van der Waals surface area contributed by atoms with Crippen LogP contribution < -0.4 is 10.0 Å². The number of nitrogens with zero attached hydrogens (tertiary/aromatic N) is 1. The van der Waals surface area contributed by atoms with Crippen molar-refractivity contribution < 1.29 is 18.0 Å². The first-order valence-corrected chi connectivity index (χ1v) is 12.0. The summed E-state index contributed by atoms with van der Waals surface area (Å²) < 4.78 is 27.1. The Balaban J connectivity index is 1.56. The molecule has 1 aliphatic rings. The molecule has 1 fully saturated rings. The van der Waals surface area contributed by atoms with E-state index >= 15 is 0 Å². The Kier molecular flexibility index (Phi) is 7.33. The quantitative estimate of drug-likeness (QED) is 0.714. The van der Waals surface area contributed by atoms with Gasteiger partial charge in [0.25, 0.3) is 15.9 Å². The zero-order valence-electron chi connectivity index (χ0n) is 17.9. The summed E-state index contributed by atoms with van der Waals surface area (Å²) in [6.07, 6.45) is 3.78. The van der Waals surface area contributed by atoms with E-state index in [1.165, 1.54) is 12.1 Å². The normalized spacial score (nSPS) is 18.8. The van der Waals surface area contributed by atoms with Crippen LogP contribution in [0.2, 0.25) is 0 Å². The Bertz CT molecular complexity index is 999. The number of hydrogen-bond acceptors (Lipinski definition) is 4. The van der Waals surface area contributed by atoms with Gasteiger partial charge >= 0.3 is 6.03 Å². The second-order valence-corrected chi connectivity index (χ2v) is 9.89. The number of carbonyl (C=O) groups is 2. The fourth-order valence-electron chi connectivity index (χ4n) is 3.72. The molecule has 31 heavy (non-hydrogen) atoms. The largest absolute Gasteiger partial charge is 0.337 e. The molecule has 8 heteroatoms.